The summed E-state index contributed by atoms with van der Waals surface area (Å²) in [6, 6.07) is 15.6. The van der Waals surface area contributed by atoms with Gasteiger partial charge in [0.2, 0.25) is 0 Å². The number of hydrogen-bond acceptors (Lipinski definition) is 4. The second-order valence-corrected chi connectivity index (χ2v) is 8.90. The monoisotopic (exact) mass is 382 g/mol. The molecule has 138 valence electrons. The van der Waals surface area contributed by atoms with Crippen LogP contribution in [0.15, 0.2) is 65.6 Å². The minimum atomic E-state index is -3.09. The van der Waals surface area contributed by atoms with E-state index in [0.29, 0.717) is 28.4 Å². The van der Waals surface area contributed by atoms with Crippen molar-refractivity contribution in [2.24, 2.45) is 0 Å². The molecular formula is C20H18N2O4S. The number of carbonyl (C=O) groups excluding carboxylic acids is 1. The third-order valence-corrected chi connectivity index (χ3v) is 6.54. The largest absolute Gasteiger partial charge is 0.348 e. The second kappa shape index (κ2) is 6.66. The van der Waals surface area contributed by atoms with Gasteiger partial charge >= 0.3 is 0 Å². The molecule has 27 heavy (non-hydrogen) atoms. The Hall–Kier alpha value is -2.93. The highest BCUT2D eigenvalue weighted by atomic mass is 32.2. The Bertz CT molecular complexity index is 1180. The van der Waals surface area contributed by atoms with Crippen molar-refractivity contribution in [1.29, 1.82) is 0 Å². The molecule has 1 N–H and O–H groups in total. The van der Waals surface area contributed by atoms with Crippen LogP contribution in [0.1, 0.15) is 16.8 Å². The SMILES string of the molecule is O=C(N[C@H]1CCS(=O)(=O)C1)c1cn(-c2ccccc2)c(=O)c2ccccc12. The molecule has 1 atom stereocenters. The second-order valence-electron chi connectivity index (χ2n) is 6.67. The minimum Gasteiger partial charge on any atom is -0.348 e. The van der Waals surface area contributed by atoms with Crippen LogP contribution in [-0.4, -0.2) is 36.4 Å². The molecule has 0 aliphatic carbocycles. The van der Waals surface area contributed by atoms with Gasteiger partial charge in [-0.3, -0.25) is 14.2 Å². The molecule has 0 spiro atoms. The molecule has 0 radical (unpaired) electrons. The summed E-state index contributed by atoms with van der Waals surface area (Å²) >= 11 is 0. The number of benzene rings is 2. The van der Waals surface area contributed by atoms with Gasteiger partial charge in [0.25, 0.3) is 11.5 Å². The standard InChI is InChI=1S/C20H18N2O4S/c23-19(21-14-10-11-27(25,26)13-14)18-12-22(15-6-2-1-3-7-15)20(24)17-9-5-4-8-16(17)18/h1-9,12,14H,10-11,13H2,(H,21,23)/t14-/m0/s1. The zero-order chi connectivity index (χ0) is 19.0. The highest BCUT2D eigenvalue weighted by Gasteiger charge is 2.29. The first kappa shape index (κ1) is 17.5. The Balaban J connectivity index is 1.81. The van der Waals surface area contributed by atoms with Crippen molar-refractivity contribution >= 4 is 26.5 Å². The fourth-order valence-electron chi connectivity index (χ4n) is 3.42. The number of para-hydroxylation sites is 1. The maximum Gasteiger partial charge on any atom is 0.262 e. The lowest BCUT2D eigenvalue weighted by molar-refractivity contribution is 0.0942. The van der Waals surface area contributed by atoms with E-state index >= 15 is 0 Å². The summed E-state index contributed by atoms with van der Waals surface area (Å²) in [5.74, 6) is -0.338. The van der Waals surface area contributed by atoms with Crippen molar-refractivity contribution in [2.45, 2.75) is 12.5 Å². The van der Waals surface area contributed by atoms with Crippen molar-refractivity contribution in [3.63, 3.8) is 0 Å². The highest BCUT2D eigenvalue weighted by Crippen LogP contribution is 2.19. The van der Waals surface area contributed by atoms with Gasteiger partial charge in [-0.1, -0.05) is 36.4 Å². The van der Waals surface area contributed by atoms with Crippen LogP contribution in [0, 0.1) is 0 Å². The van der Waals surface area contributed by atoms with E-state index in [2.05, 4.69) is 5.32 Å². The van der Waals surface area contributed by atoms with E-state index < -0.39 is 15.9 Å². The first-order chi connectivity index (χ1) is 12.9. The molecule has 3 aromatic rings. The molecule has 1 aliphatic rings. The minimum absolute atomic E-state index is 0.0466. The number of hydrogen-bond donors (Lipinski definition) is 1. The van der Waals surface area contributed by atoms with E-state index in [1.165, 1.54) is 10.8 Å². The summed E-state index contributed by atoms with van der Waals surface area (Å²) in [5.41, 5.74) is 0.792. The molecule has 1 aliphatic heterocycles. The Morgan fingerprint density at radius 3 is 2.33 bits per heavy atom. The predicted molar refractivity (Wildman–Crippen MR) is 104 cm³/mol. The van der Waals surface area contributed by atoms with Gasteiger partial charge in [-0.25, -0.2) is 8.42 Å². The van der Waals surface area contributed by atoms with Crippen LogP contribution in [0.5, 0.6) is 0 Å². The summed E-state index contributed by atoms with van der Waals surface area (Å²) in [7, 11) is -3.09. The first-order valence-corrected chi connectivity index (χ1v) is 10.5. The lowest BCUT2D eigenvalue weighted by atomic mass is 10.1. The number of nitrogens with one attached hydrogen (secondary N) is 1. The number of carbonyl (C=O) groups is 1. The summed E-state index contributed by atoms with van der Waals surface area (Å²) < 4.78 is 24.8. The quantitative estimate of drug-likeness (QED) is 0.750. The summed E-state index contributed by atoms with van der Waals surface area (Å²) in [6.45, 7) is 0. The maximum atomic E-state index is 12.9. The van der Waals surface area contributed by atoms with Gasteiger partial charge in [-0.2, -0.15) is 0 Å². The molecule has 0 bridgehead atoms. The van der Waals surface area contributed by atoms with Gasteiger partial charge in [0.05, 0.1) is 17.1 Å². The van der Waals surface area contributed by atoms with Crippen molar-refractivity contribution < 1.29 is 13.2 Å². The first-order valence-electron chi connectivity index (χ1n) is 8.66. The maximum absolute atomic E-state index is 12.9. The lowest BCUT2D eigenvalue weighted by Gasteiger charge is -2.15. The molecule has 2 aromatic carbocycles. The average Bonchev–Trinajstić information content (AvgIpc) is 3.01. The van der Waals surface area contributed by atoms with E-state index in [1.807, 2.05) is 18.2 Å². The van der Waals surface area contributed by atoms with E-state index in [9.17, 15) is 18.0 Å². The number of fused-ring (bicyclic) bond motifs is 1. The number of pyridine rings is 1. The van der Waals surface area contributed by atoms with E-state index in [-0.39, 0.29) is 23.0 Å². The average molecular weight is 382 g/mol. The molecule has 1 fully saturated rings. The van der Waals surface area contributed by atoms with Gasteiger partial charge in [-0.15, -0.1) is 0 Å². The third kappa shape index (κ3) is 3.38. The Kier molecular flexibility index (Phi) is 4.31. The predicted octanol–water partition coefficient (Wildman–Crippen LogP) is 1.91. The van der Waals surface area contributed by atoms with Gasteiger partial charge in [0.15, 0.2) is 9.84 Å². The Labute approximate surface area is 156 Å². The van der Waals surface area contributed by atoms with E-state index in [1.54, 1.807) is 36.4 Å². The molecule has 1 amide bonds. The third-order valence-electron chi connectivity index (χ3n) is 4.77. The summed E-state index contributed by atoms with van der Waals surface area (Å²) in [5, 5.41) is 3.79. The number of sulfone groups is 1. The van der Waals surface area contributed by atoms with Crippen LogP contribution in [0.4, 0.5) is 0 Å². The van der Waals surface area contributed by atoms with Crippen LogP contribution in [0.3, 0.4) is 0 Å². The Morgan fingerprint density at radius 2 is 1.67 bits per heavy atom. The van der Waals surface area contributed by atoms with Crippen LogP contribution in [0.25, 0.3) is 16.5 Å². The topological polar surface area (TPSA) is 85.2 Å². The fraction of sp³-hybridized carbons (Fsp3) is 0.200. The Morgan fingerprint density at radius 1 is 1.00 bits per heavy atom. The number of nitrogens with zero attached hydrogens (tertiary/aromatic N) is 1. The van der Waals surface area contributed by atoms with Gasteiger partial charge in [0.1, 0.15) is 0 Å². The van der Waals surface area contributed by atoms with Gasteiger partial charge < -0.3 is 5.32 Å². The van der Waals surface area contributed by atoms with Crippen LogP contribution < -0.4 is 10.9 Å². The van der Waals surface area contributed by atoms with Crippen molar-refractivity contribution in [1.82, 2.24) is 9.88 Å². The molecule has 2 heterocycles. The van der Waals surface area contributed by atoms with Crippen molar-refractivity contribution in [3.05, 3.63) is 76.7 Å². The molecule has 1 saturated heterocycles. The molecule has 0 unspecified atom stereocenters. The molecule has 6 nitrogen and oxygen atoms in total. The van der Waals surface area contributed by atoms with Gasteiger partial charge in [-0.05, 0) is 24.6 Å². The van der Waals surface area contributed by atoms with E-state index in [4.69, 9.17) is 0 Å². The zero-order valence-electron chi connectivity index (χ0n) is 14.5. The zero-order valence-corrected chi connectivity index (χ0v) is 15.3. The lowest BCUT2D eigenvalue weighted by Crippen LogP contribution is -2.36. The van der Waals surface area contributed by atoms with E-state index in [0.717, 1.165) is 0 Å². The summed E-state index contributed by atoms with van der Waals surface area (Å²) in [6.07, 6.45) is 1.93. The van der Waals surface area contributed by atoms with Gasteiger partial charge in [0, 0.05) is 28.7 Å². The molecule has 0 saturated carbocycles. The van der Waals surface area contributed by atoms with Crippen LogP contribution in [-0.2, 0) is 9.84 Å². The number of aromatic nitrogens is 1. The molecular weight excluding hydrogens is 364 g/mol. The van der Waals surface area contributed by atoms with Crippen molar-refractivity contribution in [2.75, 3.05) is 11.5 Å². The normalized spacial score (nSPS) is 18.4. The van der Waals surface area contributed by atoms with Crippen LogP contribution in [0.2, 0.25) is 0 Å². The molecule has 7 heteroatoms. The number of rotatable bonds is 3. The highest BCUT2D eigenvalue weighted by molar-refractivity contribution is 7.91. The smallest absolute Gasteiger partial charge is 0.262 e. The van der Waals surface area contributed by atoms with Crippen LogP contribution >= 0.6 is 0 Å². The van der Waals surface area contributed by atoms with Crippen molar-refractivity contribution in [3.8, 4) is 5.69 Å². The number of amides is 1. The molecule has 1 aromatic heterocycles. The fourth-order valence-corrected chi connectivity index (χ4v) is 5.10. The summed E-state index contributed by atoms with van der Waals surface area (Å²) in [4.78, 5) is 25.8. The molecule has 4 rings (SSSR count).